The van der Waals surface area contributed by atoms with E-state index in [1.54, 1.807) is 55.6 Å². The van der Waals surface area contributed by atoms with E-state index in [0.717, 1.165) is 10.9 Å². The molecule has 2 heterocycles. The van der Waals surface area contributed by atoms with E-state index in [1.165, 1.54) is 12.3 Å². The standard InChI is InChI=1S/C25H16O6/c1-28-17-8-6-15(7-9-17)20-14-29-22-13-18(10-11-19(22)24(20)26)30-25(27)23-12-16-4-2-3-5-21(16)31-23/h2-14H,1H3. The van der Waals surface area contributed by atoms with E-state index in [9.17, 15) is 9.59 Å². The fourth-order valence-electron chi connectivity index (χ4n) is 3.38. The third kappa shape index (κ3) is 3.44. The van der Waals surface area contributed by atoms with Crippen molar-refractivity contribution >= 4 is 27.9 Å². The number of benzene rings is 3. The molecule has 0 saturated heterocycles. The molecule has 5 aromatic rings. The van der Waals surface area contributed by atoms with Crippen molar-refractivity contribution in [3.8, 4) is 22.6 Å². The van der Waals surface area contributed by atoms with E-state index in [-0.39, 0.29) is 16.9 Å². The molecule has 0 saturated carbocycles. The molecule has 0 fully saturated rings. The maximum absolute atomic E-state index is 12.9. The molecule has 0 aliphatic rings. The minimum Gasteiger partial charge on any atom is -0.497 e. The van der Waals surface area contributed by atoms with Gasteiger partial charge in [0.05, 0.1) is 18.1 Å². The highest BCUT2D eigenvalue weighted by atomic mass is 16.5. The lowest BCUT2D eigenvalue weighted by atomic mass is 10.1. The third-order valence-corrected chi connectivity index (χ3v) is 4.98. The second kappa shape index (κ2) is 7.50. The number of hydrogen-bond donors (Lipinski definition) is 0. The number of carbonyl (C=O) groups excluding carboxylic acids is 1. The van der Waals surface area contributed by atoms with Crippen LogP contribution in [0.5, 0.6) is 11.5 Å². The van der Waals surface area contributed by atoms with E-state index >= 15 is 0 Å². The fraction of sp³-hybridized carbons (Fsp3) is 0.0400. The monoisotopic (exact) mass is 412 g/mol. The molecule has 3 aromatic carbocycles. The van der Waals surface area contributed by atoms with E-state index in [1.807, 2.05) is 18.2 Å². The molecule has 2 aromatic heterocycles. The van der Waals surface area contributed by atoms with Crippen LogP contribution in [-0.2, 0) is 0 Å². The minimum absolute atomic E-state index is 0.0950. The number of methoxy groups -OCH3 is 1. The Labute approximate surface area is 176 Å². The summed E-state index contributed by atoms with van der Waals surface area (Å²) >= 11 is 0. The van der Waals surface area contributed by atoms with Crippen molar-refractivity contribution in [2.75, 3.05) is 7.11 Å². The zero-order chi connectivity index (χ0) is 21.4. The number of hydrogen-bond acceptors (Lipinski definition) is 6. The Kier molecular flexibility index (Phi) is 4.52. The molecule has 0 unspecified atom stereocenters. The van der Waals surface area contributed by atoms with Crippen LogP contribution in [-0.4, -0.2) is 13.1 Å². The van der Waals surface area contributed by atoms with Gasteiger partial charge in [-0.2, -0.15) is 0 Å². The second-order valence-corrected chi connectivity index (χ2v) is 6.90. The van der Waals surface area contributed by atoms with Crippen molar-refractivity contribution in [1.29, 1.82) is 0 Å². The van der Waals surface area contributed by atoms with E-state index in [2.05, 4.69) is 0 Å². The molecular formula is C25H16O6. The van der Waals surface area contributed by atoms with Gasteiger partial charge in [0, 0.05) is 11.5 Å². The molecule has 0 aliphatic heterocycles. The molecule has 0 spiro atoms. The summed E-state index contributed by atoms with van der Waals surface area (Å²) in [5.41, 5.74) is 1.89. The SMILES string of the molecule is COc1ccc(-c2coc3cc(OC(=O)c4cc5ccccc5o4)ccc3c2=O)cc1. The van der Waals surface area contributed by atoms with Crippen LogP contribution in [0.3, 0.4) is 0 Å². The van der Waals surface area contributed by atoms with Crippen molar-refractivity contribution in [3.05, 3.63) is 95.0 Å². The summed E-state index contributed by atoms with van der Waals surface area (Å²) < 4.78 is 21.8. The number of carbonyl (C=O) groups is 1. The highest BCUT2D eigenvalue weighted by Gasteiger charge is 2.16. The van der Waals surface area contributed by atoms with Gasteiger partial charge < -0.3 is 18.3 Å². The van der Waals surface area contributed by atoms with Gasteiger partial charge in [0.1, 0.15) is 28.9 Å². The van der Waals surface area contributed by atoms with Gasteiger partial charge in [-0.1, -0.05) is 30.3 Å². The number of furan rings is 1. The normalized spacial score (nSPS) is 11.0. The zero-order valence-corrected chi connectivity index (χ0v) is 16.5. The number of para-hydroxylation sites is 1. The lowest BCUT2D eigenvalue weighted by molar-refractivity contribution is 0.0704. The zero-order valence-electron chi connectivity index (χ0n) is 16.5. The Bertz CT molecular complexity index is 1440. The van der Waals surface area contributed by atoms with Gasteiger partial charge in [0.25, 0.3) is 0 Å². The molecule has 6 nitrogen and oxygen atoms in total. The predicted molar refractivity (Wildman–Crippen MR) is 116 cm³/mol. The number of ether oxygens (including phenoxy) is 2. The Morgan fingerprint density at radius 2 is 1.65 bits per heavy atom. The average molecular weight is 412 g/mol. The van der Waals surface area contributed by atoms with Crippen LogP contribution in [0.25, 0.3) is 33.1 Å². The molecule has 6 heteroatoms. The van der Waals surface area contributed by atoms with Gasteiger partial charge in [-0.15, -0.1) is 0 Å². The van der Waals surface area contributed by atoms with Gasteiger partial charge in [0.2, 0.25) is 5.76 Å². The number of rotatable bonds is 4. The molecule has 0 amide bonds. The first kappa shape index (κ1) is 18.7. The molecule has 0 aliphatic carbocycles. The summed E-state index contributed by atoms with van der Waals surface area (Å²) in [6, 6.07) is 20.7. The molecule has 152 valence electrons. The van der Waals surface area contributed by atoms with Crippen molar-refractivity contribution in [1.82, 2.24) is 0 Å². The van der Waals surface area contributed by atoms with Gasteiger partial charge in [0.15, 0.2) is 5.43 Å². The quantitative estimate of drug-likeness (QED) is 0.289. The smallest absolute Gasteiger partial charge is 0.379 e. The van der Waals surface area contributed by atoms with Crippen molar-refractivity contribution in [3.63, 3.8) is 0 Å². The Morgan fingerprint density at radius 1 is 0.871 bits per heavy atom. The van der Waals surface area contributed by atoms with Crippen molar-refractivity contribution in [2.24, 2.45) is 0 Å². The first-order valence-corrected chi connectivity index (χ1v) is 9.53. The fourth-order valence-corrected chi connectivity index (χ4v) is 3.38. The highest BCUT2D eigenvalue weighted by Crippen LogP contribution is 2.26. The predicted octanol–water partition coefficient (Wildman–Crippen LogP) is 5.43. The minimum atomic E-state index is -0.632. The van der Waals surface area contributed by atoms with E-state index < -0.39 is 5.97 Å². The van der Waals surface area contributed by atoms with E-state index in [0.29, 0.717) is 27.9 Å². The van der Waals surface area contributed by atoms with Crippen LogP contribution in [0.4, 0.5) is 0 Å². The summed E-state index contributed by atoms with van der Waals surface area (Å²) in [5.74, 6) is 0.411. The van der Waals surface area contributed by atoms with Crippen molar-refractivity contribution < 1.29 is 23.1 Å². The van der Waals surface area contributed by atoms with Gasteiger partial charge >= 0.3 is 5.97 Å². The Balaban J connectivity index is 1.44. The number of fused-ring (bicyclic) bond motifs is 2. The lowest BCUT2D eigenvalue weighted by Crippen LogP contribution is -2.08. The molecule has 31 heavy (non-hydrogen) atoms. The van der Waals surface area contributed by atoms with Crippen LogP contribution in [0, 0.1) is 0 Å². The maximum Gasteiger partial charge on any atom is 0.379 e. The topological polar surface area (TPSA) is 78.9 Å². The third-order valence-electron chi connectivity index (χ3n) is 4.98. The molecular weight excluding hydrogens is 396 g/mol. The Hall–Kier alpha value is -4.32. The first-order valence-electron chi connectivity index (χ1n) is 9.53. The molecule has 0 bridgehead atoms. The maximum atomic E-state index is 12.9. The van der Waals surface area contributed by atoms with Gasteiger partial charge in [-0.05, 0) is 42.0 Å². The Morgan fingerprint density at radius 3 is 2.42 bits per heavy atom. The largest absolute Gasteiger partial charge is 0.497 e. The second-order valence-electron chi connectivity index (χ2n) is 6.90. The summed E-state index contributed by atoms with van der Waals surface area (Å²) in [5, 5.41) is 1.20. The highest BCUT2D eigenvalue weighted by molar-refractivity contribution is 5.94. The summed E-state index contributed by atoms with van der Waals surface area (Å²) in [7, 11) is 1.58. The van der Waals surface area contributed by atoms with Gasteiger partial charge in [-0.25, -0.2) is 4.79 Å². The summed E-state index contributed by atoms with van der Waals surface area (Å²) in [4.78, 5) is 25.4. The molecule has 0 atom stereocenters. The van der Waals surface area contributed by atoms with Crippen molar-refractivity contribution in [2.45, 2.75) is 0 Å². The lowest BCUT2D eigenvalue weighted by Gasteiger charge is -2.06. The molecule has 0 radical (unpaired) electrons. The molecule has 5 rings (SSSR count). The summed E-state index contributed by atoms with van der Waals surface area (Å²) in [6.45, 7) is 0. The van der Waals surface area contributed by atoms with Crippen LogP contribution in [0.2, 0.25) is 0 Å². The van der Waals surface area contributed by atoms with Crippen LogP contribution in [0.1, 0.15) is 10.6 Å². The molecule has 0 N–H and O–H groups in total. The number of esters is 1. The summed E-state index contributed by atoms with van der Waals surface area (Å²) in [6.07, 6.45) is 1.40. The first-order chi connectivity index (χ1) is 15.1. The van der Waals surface area contributed by atoms with E-state index in [4.69, 9.17) is 18.3 Å². The van der Waals surface area contributed by atoms with Crippen LogP contribution < -0.4 is 14.9 Å². The van der Waals surface area contributed by atoms with Crippen LogP contribution in [0.15, 0.2) is 92.7 Å². The van der Waals surface area contributed by atoms with Gasteiger partial charge in [-0.3, -0.25) is 4.79 Å². The average Bonchev–Trinajstić information content (AvgIpc) is 3.24. The van der Waals surface area contributed by atoms with Crippen LogP contribution >= 0.6 is 0 Å².